The summed E-state index contributed by atoms with van der Waals surface area (Å²) in [5.41, 5.74) is 2.29. The van der Waals surface area contributed by atoms with E-state index in [9.17, 15) is 19.1 Å². The molecule has 7 heteroatoms. The number of ketones is 1. The predicted octanol–water partition coefficient (Wildman–Crippen LogP) is 4.16. The molecule has 32 heavy (non-hydrogen) atoms. The maximum atomic E-state index is 13.6. The largest absolute Gasteiger partial charge is 0.507 e. The third-order valence-electron chi connectivity index (χ3n) is 5.49. The molecule has 0 radical (unpaired) electrons. The number of aliphatic hydroxyl groups excluding tert-OH is 1. The molecule has 2 aromatic carbocycles. The fourth-order valence-corrected chi connectivity index (χ4v) is 3.90. The van der Waals surface area contributed by atoms with Gasteiger partial charge in [-0.25, -0.2) is 4.39 Å². The number of benzene rings is 2. The third kappa shape index (κ3) is 3.85. The highest BCUT2D eigenvalue weighted by molar-refractivity contribution is 6.46. The molecule has 1 aliphatic heterocycles. The molecule has 1 amide bonds. The van der Waals surface area contributed by atoms with Crippen molar-refractivity contribution < 1.29 is 23.8 Å². The second kappa shape index (κ2) is 8.63. The van der Waals surface area contributed by atoms with Crippen molar-refractivity contribution in [3.05, 3.63) is 101 Å². The smallest absolute Gasteiger partial charge is 0.295 e. The van der Waals surface area contributed by atoms with Crippen LogP contribution >= 0.6 is 0 Å². The molecule has 162 valence electrons. The van der Waals surface area contributed by atoms with Gasteiger partial charge in [-0.3, -0.25) is 14.6 Å². The number of aryl methyl sites for hydroxylation is 1. The van der Waals surface area contributed by atoms with Gasteiger partial charge in [0.1, 0.15) is 17.3 Å². The Bertz CT molecular complexity index is 1210. The van der Waals surface area contributed by atoms with Gasteiger partial charge in [-0.2, -0.15) is 0 Å². The van der Waals surface area contributed by atoms with E-state index in [1.165, 1.54) is 36.3 Å². The maximum Gasteiger partial charge on any atom is 0.295 e. The van der Waals surface area contributed by atoms with Crippen molar-refractivity contribution >= 4 is 17.4 Å². The number of rotatable bonds is 5. The molecule has 1 fully saturated rings. The standard InChI is InChI=1S/C25H21FN2O4/c1-15-12-19(32-2)9-10-20(15)23(29)21-22(17-5-7-18(26)8-6-17)28(25(31)24(21)30)14-16-4-3-11-27-13-16/h3-13,22,29H,14H2,1-2H3/t22-/m0/s1. The second-order valence-corrected chi connectivity index (χ2v) is 7.52. The van der Waals surface area contributed by atoms with Crippen LogP contribution in [0, 0.1) is 12.7 Å². The van der Waals surface area contributed by atoms with Gasteiger partial charge in [0.15, 0.2) is 0 Å². The zero-order valence-corrected chi connectivity index (χ0v) is 17.6. The van der Waals surface area contributed by atoms with Gasteiger partial charge >= 0.3 is 0 Å². The summed E-state index contributed by atoms with van der Waals surface area (Å²) in [6, 6.07) is 13.2. The average Bonchev–Trinajstić information content (AvgIpc) is 3.04. The number of pyridine rings is 1. The first-order chi connectivity index (χ1) is 15.4. The van der Waals surface area contributed by atoms with E-state index in [0.29, 0.717) is 22.4 Å². The molecule has 6 nitrogen and oxygen atoms in total. The Morgan fingerprint density at radius 2 is 1.91 bits per heavy atom. The molecule has 0 bridgehead atoms. The maximum absolute atomic E-state index is 13.6. The number of carbonyl (C=O) groups is 2. The van der Waals surface area contributed by atoms with Crippen molar-refractivity contribution in [2.24, 2.45) is 0 Å². The van der Waals surface area contributed by atoms with Crippen molar-refractivity contribution in [2.45, 2.75) is 19.5 Å². The summed E-state index contributed by atoms with van der Waals surface area (Å²) in [6.45, 7) is 1.88. The van der Waals surface area contributed by atoms with E-state index in [2.05, 4.69) is 4.98 Å². The number of hydrogen-bond acceptors (Lipinski definition) is 5. The SMILES string of the molecule is COc1ccc(C(O)=C2C(=O)C(=O)N(Cc3cccnc3)[C@H]2c2ccc(F)cc2)c(C)c1. The Hall–Kier alpha value is -4.00. The lowest BCUT2D eigenvalue weighted by atomic mass is 9.93. The molecule has 3 aromatic rings. The molecule has 1 atom stereocenters. The number of ether oxygens (including phenoxy) is 1. The number of amides is 1. The average molecular weight is 432 g/mol. The molecule has 4 rings (SSSR count). The van der Waals surface area contributed by atoms with E-state index in [1.54, 1.807) is 49.6 Å². The lowest BCUT2D eigenvalue weighted by Crippen LogP contribution is -2.29. The molecule has 0 aliphatic carbocycles. The molecule has 2 heterocycles. The van der Waals surface area contributed by atoms with E-state index in [1.807, 2.05) is 0 Å². The molecule has 1 aliphatic rings. The first kappa shape index (κ1) is 21.2. The predicted molar refractivity (Wildman–Crippen MR) is 116 cm³/mol. The minimum absolute atomic E-state index is 0.0428. The topological polar surface area (TPSA) is 79.7 Å². The quantitative estimate of drug-likeness (QED) is 0.372. The Morgan fingerprint density at radius 1 is 1.16 bits per heavy atom. The van der Waals surface area contributed by atoms with Crippen molar-refractivity contribution in [1.29, 1.82) is 0 Å². The van der Waals surface area contributed by atoms with E-state index in [-0.39, 0.29) is 17.9 Å². The number of halogens is 1. The van der Waals surface area contributed by atoms with Crippen LogP contribution in [0.1, 0.15) is 28.3 Å². The van der Waals surface area contributed by atoms with Crippen LogP contribution in [-0.2, 0) is 16.1 Å². The van der Waals surface area contributed by atoms with Gasteiger partial charge in [0.05, 0.1) is 18.7 Å². The lowest BCUT2D eigenvalue weighted by Gasteiger charge is -2.25. The number of aromatic nitrogens is 1. The molecule has 1 N–H and O–H groups in total. The zero-order chi connectivity index (χ0) is 22.8. The lowest BCUT2D eigenvalue weighted by molar-refractivity contribution is -0.140. The van der Waals surface area contributed by atoms with Gasteiger partial charge in [0.25, 0.3) is 11.7 Å². The Morgan fingerprint density at radius 3 is 2.53 bits per heavy atom. The van der Waals surface area contributed by atoms with Gasteiger partial charge in [-0.15, -0.1) is 0 Å². The Labute approximate surface area is 184 Å². The molecule has 0 unspecified atom stereocenters. The van der Waals surface area contributed by atoms with Gasteiger partial charge in [0, 0.05) is 24.5 Å². The number of likely N-dealkylation sites (tertiary alicyclic amines) is 1. The van der Waals surface area contributed by atoms with Crippen molar-refractivity contribution in [3.63, 3.8) is 0 Å². The normalized spacial score (nSPS) is 17.6. The Balaban J connectivity index is 1.87. The van der Waals surface area contributed by atoms with Crippen molar-refractivity contribution in [1.82, 2.24) is 9.88 Å². The van der Waals surface area contributed by atoms with Gasteiger partial charge in [-0.05, 0) is 60.0 Å². The van der Waals surface area contributed by atoms with Crippen LogP contribution in [0.25, 0.3) is 5.76 Å². The number of nitrogens with zero attached hydrogens (tertiary/aromatic N) is 2. The van der Waals surface area contributed by atoms with Gasteiger partial charge in [-0.1, -0.05) is 18.2 Å². The highest BCUT2D eigenvalue weighted by Gasteiger charge is 2.46. The summed E-state index contributed by atoms with van der Waals surface area (Å²) in [6.07, 6.45) is 3.22. The van der Waals surface area contributed by atoms with Crippen LogP contribution in [0.5, 0.6) is 5.75 Å². The van der Waals surface area contributed by atoms with Crippen LogP contribution in [0.4, 0.5) is 4.39 Å². The summed E-state index contributed by atoms with van der Waals surface area (Å²) in [5, 5.41) is 11.2. The Kier molecular flexibility index (Phi) is 5.73. The summed E-state index contributed by atoms with van der Waals surface area (Å²) in [5.74, 6) is -1.66. The highest BCUT2D eigenvalue weighted by atomic mass is 19.1. The fraction of sp³-hybridized carbons (Fsp3) is 0.160. The summed E-state index contributed by atoms with van der Waals surface area (Å²) in [4.78, 5) is 31.5. The molecule has 1 saturated heterocycles. The number of methoxy groups -OCH3 is 1. The van der Waals surface area contributed by atoms with E-state index in [0.717, 1.165) is 5.56 Å². The van der Waals surface area contributed by atoms with E-state index in [4.69, 9.17) is 4.74 Å². The van der Waals surface area contributed by atoms with Crippen LogP contribution < -0.4 is 4.74 Å². The number of Topliss-reactive ketones (excluding diaryl/α,β-unsaturated/α-hetero) is 1. The minimum atomic E-state index is -0.877. The number of aliphatic hydroxyl groups is 1. The summed E-state index contributed by atoms with van der Waals surface area (Å²) >= 11 is 0. The van der Waals surface area contributed by atoms with Crippen molar-refractivity contribution in [2.75, 3.05) is 7.11 Å². The summed E-state index contributed by atoms with van der Waals surface area (Å²) in [7, 11) is 1.53. The third-order valence-corrected chi connectivity index (χ3v) is 5.49. The van der Waals surface area contributed by atoms with Crippen LogP contribution in [0.15, 0.2) is 72.6 Å². The second-order valence-electron chi connectivity index (χ2n) is 7.52. The first-order valence-corrected chi connectivity index (χ1v) is 9.98. The van der Waals surface area contributed by atoms with Gasteiger partial charge in [0.2, 0.25) is 0 Å². The van der Waals surface area contributed by atoms with Gasteiger partial charge < -0.3 is 14.7 Å². The zero-order valence-electron chi connectivity index (χ0n) is 17.6. The van der Waals surface area contributed by atoms with Crippen molar-refractivity contribution in [3.8, 4) is 5.75 Å². The molecule has 1 aromatic heterocycles. The van der Waals surface area contributed by atoms with Crippen LogP contribution in [-0.4, -0.2) is 33.8 Å². The summed E-state index contributed by atoms with van der Waals surface area (Å²) < 4.78 is 18.8. The number of hydrogen-bond donors (Lipinski definition) is 1. The van der Waals surface area contributed by atoms with Crippen LogP contribution in [0.2, 0.25) is 0 Å². The van der Waals surface area contributed by atoms with E-state index >= 15 is 0 Å². The fourth-order valence-electron chi connectivity index (χ4n) is 3.90. The minimum Gasteiger partial charge on any atom is -0.507 e. The van der Waals surface area contributed by atoms with E-state index < -0.39 is 23.5 Å². The molecule has 0 saturated carbocycles. The van der Waals surface area contributed by atoms with Crippen LogP contribution in [0.3, 0.4) is 0 Å². The first-order valence-electron chi connectivity index (χ1n) is 9.98. The highest BCUT2D eigenvalue weighted by Crippen LogP contribution is 2.41. The molecular formula is C25H21FN2O4. The molecule has 0 spiro atoms. The molecular weight excluding hydrogens is 411 g/mol. The monoisotopic (exact) mass is 432 g/mol. The number of carbonyl (C=O) groups excluding carboxylic acids is 2.